The first-order valence-corrected chi connectivity index (χ1v) is 4.05. The number of nitrogens with zero attached hydrogens (tertiary/aromatic N) is 3. The number of non-ortho nitro benzene ring substituents is 1. The minimum absolute atomic E-state index is 0.0547. The second-order valence-corrected chi connectivity index (χ2v) is 2.92. The molecule has 0 atom stereocenters. The molecule has 4 N–H and O–H groups in total. The summed E-state index contributed by atoms with van der Waals surface area (Å²) < 4.78 is 0. The molecule has 2 rings (SSSR count). The van der Waals surface area contributed by atoms with Gasteiger partial charge in [-0.25, -0.2) is 9.97 Å². The number of anilines is 2. The lowest BCUT2D eigenvalue weighted by molar-refractivity contribution is -0.384. The minimum atomic E-state index is -0.506. The van der Waals surface area contributed by atoms with Crippen LogP contribution in [0.4, 0.5) is 17.3 Å². The van der Waals surface area contributed by atoms with Crippen molar-refractivity contribution < 1.29 is 4.92 Å². The topological polar surface area (TPSA) is 121 Å². The predicted molar refractivity (Wildman–Crippen MR) is 55.0 cm³/mol. The van der Waals surface area contributed by atoms with Gasteiger partial charge in [0.1, 0.15) is 0 Å². The zero-order valence-corrected chi connectivity index (χ0v) is 7.54. The zero-order chi connectivity index (χ0) is 11.0. The normalized spacial score (nSPS) is 10.4. The van der Waals surface area contributed by atoms with Gasteiger partial charge in [0.05, 0.1) is 16.0 Å². The van der Waals surface area contributed by atoms with Gasteiger partial charge in [-0.05, 0) is 6.07 Å². The van der Waals surface area contributed by atoms with E-state index < -0.39 is 4.92 Å². The number of aromatic nitrogens is 2. The second kappa shape index (κ2) is 3.05. The monoisotopic (exact) mass is 205 g/mol. The Bertz CT molecular complexity index is 554. The van der Waals surface area contributed by atoms with E-state index in [0.29, 0.717) is 11.0 Å². The Labute approximate surface area is 83.9 Å². The summed E-state index contributed by atoms with van der Waals surface area (Å²) in [5, 5.41) is 10.5. The van der Waals surface area contributed by atoms with Gasteiger partial charge in [0.25, 0.3) is 5.69 Å². The van der Waals surface area contributed by atoms with Gasteiger partial charge in [0.15, 0.2) is 11.6 Å². The highest BCUT2D eigenvalue weighted by molar-refractivity contribution is 5.80. The Morgan fingerprint density at radius 3 is 2.33 bits per heavy atom. The third kappa shape index (κ3) is 1.50. The lowest BCUT2D eigenvalue weighted by Crippen LogP contribution is -2.01. The van der Waals surface area contributed by atoms with Crippen LogP contribution in [0.2, 0.25) is 0 Å². The van der Waals surface area contributed by atoms with E-state index in [-0.39, 0.29) is 17.3 Å². The van der Waals surface area contributed by atoms with E-state index in [4.69, 9.17) is 11.5 Å². The summed E-state index contributed by atoms with van der Waals surface area (Å²) in [6, 6.07) is 4.13. The van der Waals surface area contributed by atoms with E-state index in [2.05, 4.69) is 9.97 Å². The highest BCUT2D eigenvalue weighted by Gasteiger charge is 2.09. The van der Waals surface area contributed by atoms with Crippen molar-refractivity contribution in [1.82, 2.24) is 9.97 Å². The Morgan fingerprint density at radius 2 is 1.73 bits per heavy atom. The lowest BCUT2D eigenvalue weighted by atomic mass is 10.2. The summed E-state index contributed by atoms with van der Waals surface area (Å²) in [4.78, 5) is 17.8. The van der Waals surface area contributed by atoms with Crippen molar-refractivity contribution in [3.63, 3.8) is 0 Å². The number of nitrogens with two attached hydrogens (primary N) is 2. The van der Waals surface area contributed by atoms with Gasteiger partial charge >= 0.3 is 0 Å². The molecule has 1 aromatic heterocycles. The maximum atomic E-state index is 10.5. The van der Waals surface area contributed by atoms with Gasteiger partial charge in [-0.15, -0.1) is 0 Å². The number of nitrogen functional groups attached to an aromatic ring is 2. The van der Waals surface area contributed by atoms with Gasteiger partial charge in [-0.3, -0.25) is 10.1 Å². The molecular weight excluding hydrogens is 198 g/mol. The lowest BCUT2D eigenvalue weighted by Gasteiger charge is -2.00. The van der Waals surface area contributed by atoms with Crippen LogP contribution in [-0.2, 0) is 0 Å². The van der Waals surface area contributed by atoms with Crippen LogP contribution in [0.3, 0.4) is 0 Å². The molecule has 2 aromatic rings. The molecule has 0 spiro atoms. The summed E-state index contributed by atoms with van der Waals surface area (Å²) >= 11 is 0. The highest BCUT2D eigenvalue weighted by atomic mass is 16.6. The maximum Gasteiger partial charge on any atom is 0.271 e. The molecule has 0 fully saturated rings. The quantitative estimate of drug-likeness (QED) is 0.522. The molecule has 0 amide bonds. The first-order chi connectivity index (χ1) is 7.08. The molecule has 0 aliphatic carbocycles. The predicted octanol–water partition coefficient (Wildman–Crippen LogP) is 0.702. The standard InChI is InChI=1S/C8H7N5O2/c9-7-8(10)12-6-3-4(13(14)15)1-2-5(6)11-7/h1-3H,(H2,9,11)(H2,10,12). The average Bonchev–Trinajstić information content (AvgIpc) is 2.19. The summed E-state index contributed by atoms with van der Waals surface area (Å²) in [7, 11) is 0. The maximum absolute atomic E-state index is 10.5. The van der Waals surface area contributed by atoms with Crippen molar-refractivity contribution in [3.05, 3.63) is 28.3 Å². The largest absolute Gasteiger partial charge is 0.381 e. The number of fused-ring (bicyclic) bond motifs is 1. The number of benzene rings is 1. The van der Waals surface area contributed by atoms with E-state index in [1.54, 1.807) is 0 Å². The van der Waals surface area contributed by atoms with Crippen LogP contribution in [-0.4, -0.2) is 14.9 Å². The van der Waals surface area contributed by atoms with Gasteiger partial charge in [-0.1, -0.05) is 0 Å². The molecular formula is C8H7N5O2. The van der Waals surface area contributed by atoms with Crippen LogP contribution in [0.25, 0.3) is 11.0 Å². The second-order valence-electron chi connectivity index (χ2n) is 2.92. The summed E-state index contributed by atoms with van der Waals surface area (Å²) in [5.41, 5.74) is 11.7. The van der Waals surface area contributed by atoms with E-state index >= 15 is 0 Å². The van der Waals surface area contributed by atoms with Crippen molar-refractivity contribution in [2.45, 2.75) is 0 Å². The number of hydrogen-bond donors (Lipinski definition) is 2. The van der Waals surface area contributed by atoms with Gasteiger partial charge < -0.3 is 11.5 Å². The van der Waals surface area contributed by atoms with E-state index in [9.17, 15) is 10.1 Å². The average molecular weight is 205 g/mol. The molecule has 0 unspecified atom stereocenters. The molecule has 0 bridgehead atoms. The van der Waals surface area contributed by atoms with Gasteiger partial charge in [-0.2, -0.15) is 0 Å². The third-order valence-corrected chi connectivity index (χ3v) is 1.91. The van der Waals surface area contributed by atoms with Crippen molar-refractivity contribution in [2.75, 3.05) is 11.5 Å². The molecule has 7 heteroatoms. The zero-order valence-electron chi connectivity index (χ0n) is 7.54. The number of nitro benzene ring substituents is 1. The molecule has 1 aromatic carbocycles. The molecule has 0 saturated carbocycles. The van der Waals surface area contributed by atoms with Crippen LogP contribution in [0, 0.1) is 10.1 Å². The molecule has 0 aliphatic heterocycles. The molecule has 1 heterocycles. The fraction of sp³-hybridized carbons (Fsp3) is 0. The van der Waals surface area contributed by atoms with Crippen LogP contribution in [0.5, 0.6) is 0 Å². The summed E-state index contributed by atoms with van der Waals surface area (Å²) in [5.74, 6) is 0.194. The Hall–Kier alpha value is -2.44. The number of rotatable bonds is 1. The molecule has 0 radical (unpaired) electrons. The third-order valence-electron chi connectivity index (χ3n) is 1.91. The Balaban J connectivity index is 2.72. The Kier molecular flexibility index (Phi) is 1.86. The fourth-order valence-electron chi connectivity index (χ4n) is 1.18. The first-order valence-electron chi connectivity index (χ1n) is 4.05. The smallest absolute Gasteiger partial charge is 0.271 e. The SMILES string of the molecule is Nc1nc2ccc([N+](=O)[O-])cc2nc1N. The minimum Gasteiger partial charge on any atom is -0.381 e. The van der Waals surface area contributed by atoms with E-state index in [1.165, 1.54) is 18.2 Å². The van der Waals surface area contributed by atoms with Crippen molar-refractivity contribution in [1.29, 1.82) is 0 Å². The first kappa shape index (κ1) is 9.13. The molecule has 7 nitrogen and oxygen atoms in total. The van der Waals surface area contributed by atoms with Gasteiger partial charge in [0.2, 0.25) is 0 Å². The van der Waals surface area contributed by atoms with Crippen molar-refractivity contribution in [3.8, 4) is 0 Å². The van der Waals surface area contributed by atoms with Crippen LogP contribution in [0.1, 0.15) is 0 Å². The van der Waals surface area contributed by atoms with Gasteiger partial charge in [0, 0.05) is 12.1 Å². The van der Waals surface area contributed by atoms with Crippen molar-refractivity contribution >= 4 is 28.4 Å². The number of nitro groups is 1. The van der Waals surface area contributed by atoms with Crippen LogP contribution < -0.4 is 11.5 Å². The highest BCUT2D eigenvalue weighted by Crippen LogP contribution is 2.20. The molecule has 0 saturated heterocycles. The fourth-order valence-corrected chi connectivity index (χ4v) is 1.18. The molecule has 15 heavy (non-hydrogen) atoms. The van der Waals surface area contributed by atoms with E-state index in [1.807, 2.05) is 0 Å². The molecule has 76 valence electrons. The Morgan fingerprint density at radius 1 is 1.13 bits per heavy atom. The van der Waals surface area contributed by atoms with Crippen LogP contribution >= 0.6 is 0 Å². The van der Waals surface area contributed by atoms with Crippen LogP contribution in [0.15, 0.2) is 18.2 Å². The van der Waals surface area contributed by atoms with Crippen molar-refractivity contribution in [2.24, 2.45) is 0 Å². The molecule has 0 aliphatic rings. The summed E-state index contributed by atoms with van der Waals surface area (Å²) in [6.07, 6.45) is 0. The van der Waals surface area contributed by atoms with E-state index in [0.717, 1.165) is 0 Å². The summed E-state index contributed by atoms with van der Waals surface area (Å²) in [6.45, 7) is 0. The number of hydrogen-bond acceptors (Lipinski definition) is 6.